The highest BCUT2D eigenvalue weighted by Crippen LogP contribution is 2.42. The van der Waals surface area contributed by atoms with Gasteiger partial charge in [-0.1, -0.05) is 39.8 Å². The lowest BCUT2D eigenvalue weighted by atomic mass is 9.65. The first-order valence-electron chi connectivity index (χ1n) is 7.84. The maximum absolute atomic E-state index is 12.7. The van der Waals surface area contributed by atoms with Crippen LogP contribution in [0.5, 0.6) is 0 Å². The summed E-state index contributed by atoms with van der Waals surface area (Å²) in [5, 5.41) is 16.6. The van der Waals surface area contributed by atoms with Crippen molar-refractivity contribution in [1.82, 2.24) is 0 Å². The van der Waals surface area contributed by atoms with Gasteiger partial charge in [-0.25, -0.2) is 0 Å². The van der Waals surface area contributed by atoms with Gasteiger partial charge < -0.3 is 10.2 Å². The molecule has 0 saturated carbocycles. The highest BCUT2D eigenvalue weighted by molar-refractivity contribution is 8.01. The van der Waals surface area contributed by atoms with Gasteiger partial charge in [-0.15, -0.1) is 11.8 Å². The molecule has 0 radical (unpaired) electrons. The van der Waals surface area contributed by atoms with Crippen molar-refractivity contribution in [3.8, 4) is 0 Å². The zero-order valence-corrected chi connectivity index (χ0v) is 14.9. The van der Waals surface area contributed by atoms with Gasteiger partial charge in [0.1, 0.15) is 11.0 Å². The summed E-state index contributed by atoms with van der Waals surface area (Å²) in [7, 11) is 0. The second-order valence-electron chi connectivity index (χ2n) is 7.00. The highest BCUT2D eigenvalue weighted by atomic mass is 32.2. The molecule has 0 amide bonds. The van der Waals surface area contributed by atoms with Gasteiger partial charge in [-0.05, 0) is 17.8 Å². The molecule has 0 aromatic rings. The van der Waals surface area contributed by atoms with E-state index in [0.29, 0.717) is 0 Å². The van der Waals surface area contributed by atoms with E-state index in [2.05, 4.69) is 26.0 Å². The molecular weight excluding hydrogens is 316 g/mol. The van der Waals surface area contributed by atoms with Gasteiger partial charge in [0.05, 0.1) is 6.42 Å². The molecule has 0 spiro atoms. The lowest BCUT2D eigenvalue weighted by molar-refractivity contribution is -0.142. The van der Waals surface area contributed by atoms with Crippen molar-refractivity contribution in [2.24, 2.45) is 17.3 Å². The first kappa shape index (κ1) is 19.7. The Labute approximate surface area is 141 Å². The fourth-order valence-corrected chi connectivity index (χ4v) is 4.53. The Balaban J connectivity index is 2.70. The molecule has 0 aliphatic heterocycles. The number of hydrogen-bond donors (Lipinski definition) is 2. The van der Waals surface area contributed by atoms with Crippen molar-refractivity contribution in [2.75, 3.05) is 0 Å². The molecule has 2 N–H and O–H groups in total. The Morgan fingerprint density at radius 1 is 1.26 bits per heavy atom. The Kier molecular flexibility index (Phi) is 6.86. The van der Waals surface area contributed by atoms with Gasteiger partial charge in [0.15, 0.2) is 0 Å². The van der Waals surface area contributed by atoms with Crippen LogP contribution in [0.15, 0.2) is 12.2 Å². The van der Waals surface area contributed by atoms with Crippen LogP contribution in [-0.2, 0) is 14.4 Å². The number of carbonyl (C=O) groups is 3. The van der Waals surface area contributed by atoms with E-state index in [-0.39, 0.29) is 34.7 Å². The molecule has 23 heavy (non-hydrogen) atoms. The number of rotatable bonds is 8. The number of Topliss-reactive ketones (excluding diaryl/α,β-unsaturated/α-hetero) is 1. The number of aliphatic carboxylic acids is 2. The van der Waals surface area contributed by atoms with Crippen LogP contribution in [0, 0.1) is 17.3 Å². The summed E-state index contributed by atoms with van der Waals surface area (Å²) >= 11 is 1.06. The maximum atomic E-state index is 12.7. The van der Waals surface area contributed by atoms with Crippen LogP contribution in [0.2, 0.25) is 0 Å². The van der Waals surface area contributed by atoms with Gasteiger partial charge in [-0.3, -0.25) is 14.4 Å². The second-order valence-corrected chi connectivity index (χ2v) is 8.65. The van der Waals surface area contributed by atoms with E-state index in [1.165, 1.54) is 0 Å². The molecule has 5 nitrogen and oxygen atoms in total. The predicted molar refractivity (Wildman–Crippen MR) is 90.5 cm³/mol. The molecule has 1 aliphatic rings. The van der Waals surface area contributed by atoms with E-state index >= 15 is 0 Å². The van der Waals surface area contributed by atoms with Crippen LogP contribution in [-0.4, -0.2) is 38.4 Å². The molecule has 0 heterocycles. The molecule has 6 heteroatoms. The zero-order valence-electron chi connectivity index (χ0n) is 14.1. The van der Waals surface area contributed by atoms with Crippen LogP contribution in [0.25, 0.3) is 0 Å². The molecule has 0 aromatic heterocycles. The van der Waals surface area contributed by atoms with Gasteiger partial charge in [0.25, 0.3) is 0 Å². The zero-order chi connectivity index (χ0) is 17.8. The molecule has 1 aliphatic carbocycles. The number of hydrogen-bond acceptors (Lipinski definition) is 4. The fourth-order valence-electron chi connectivity index (χ4n) is 3.36. The highest BCUT2D eigenvalue weighted by Gasteiger charge is 2.39. The Morgan fingerprint density at radius 3 is 2.35 bits per heavy atom. The van der Waals surface area contributed by atoms with Crippen molar-refractivity contribution < 1.29 is 24.6 Å². The number of ketones is 1. The Morgan fingerprint density at radius 2 is 1.87 bits per heavy atom. The topological polar surface area (TPSA) is 91.7 Å². The van der Waals surface area contributed by atoms with Crippen LogP contribution >= 0.6 is 11.8 Å². The Hall–Kier alpha value is -1.30. The van der Waals surface area contributed by atoms with Gasteiger partial charge in [0.2, 0.25) is 0 Å². The average Bonchev–Trinajstić information content (AvgIpc) is 2.35. The third-order valence-electron chi connectivity index (χ3n) is 4.32. The number of carboxylic acid groups (broad SMARTS) is 2. The summed E-state index contributed by atoms with van der Waals surface area (Å²) in [6.45, 7) is 7.98. The monoisotopic (exact) mass is 342 g/mol. The smallest absolute Gasteiger partial charge is 0.317 e. The average molecular weight is 342 g/mol. The lowest BCUT2D eigenvalue weighted by Gasteiger charge is -2.39. The van der Waals surface area contributed by atoms with Crippen molar-refractivity contribution in [1.29, 1.82) is 0 Å². The van der Waals surface area contributed by atoms with Crippen molar-refractivity contribution in [2.45, 2.75) is 57.5 Å². The molecule has 4 atom stereocenters. The molecule has 0 bridgehead atoms. The number of carbonyl (C=O) groups excluding carboxylic acids is 1. The minimum absolute atomic E-state index is 0.0849. The summed E-state index contributed by atoms with van der Waals surface area (Å²) in [6, 6.07) is 0. The van der Waals surface area contributed by atoms with Gasteiger partial charge >= 0.3 is 11.9 Å². The van der Waals surface area contributed by atoms with E-state index in [0.717, 1.165) is 18.2 Å². The van der Waals surface area contributed by atoms with E-state index in [1.54, 1.807) is 6.92 Å². The molecule has 0 fully saturated rings. The van der Waals surface area contributed by atoms with Gasteiger partial charge in [0, 0.05) is 17.6 Å². The van der Waals surface area contributed by atoms with Crippen LogP contribution in [0.4, 0.5) is 0 Å². The first-order valence-corrected chi connectivity index (χ1v) is 8.78. The lowest BCUT2D eigenvalue weighted by Crippen LogP contribution is -2.38. The largest absolute Gasteiger partial charge is 0.481 e. The minimum atomic E-state index is -1.15. The summed E-state index contributed by atoms with van der Waals surface area (Å²) in [4.78, 5) is 34.6. The standard InChI is InChI=1S/C17H26O5S/c1-10-6-5-7-17(3,4)15(10)12(18)8-11(2)23-13(16(21)22)9-14(19)20/h5-6,10-11,13,15H,7-9H2,1-4H3,(H,19,20)(H,21,22). The summed E-state index contributed by atoms with van der Waals surface area (Å²) in [5.41, 5.74) is -0.108. The quantitative estimate of drug-likeness (QED) is 0.658. The molecule has 0 aromatic carbocycles. The van der Waals surface area contributed by atoms with E-state index in [1.807, 2.05) is 6.92 Å². The predicted octanol–water partition coefficient (Wildman–Crippen LogP) is 3.23. The fraction of sp³-hybridized carbons (Fsp3) is 0.706. The van der Waals surface area contributed by atoms with E-state index in [9.17, 15) is 14.4 Å². The van der Waals surface area contributed by atoms with Crippen LogP contribution in [0.3, 0.4) is 0 Å². The first-order chi connectivity index (χ1) is 10.5. The van der Waals surface area contributed by atoms with Crippen molar-refractivity contribution >= 4 is 29.5 Å². The molecule has 130 valence electrons. The van der Waals surface area contributed by atoms with Crippen molar-refractivity contribution in [3.63, 3.8) is 0 Å². The van der Waals surface area contributed by atoms with Crippen LogP contribution < -0.4 is 0 Å². The third kappa shape index (κ3) is 5.68. The van der Waals surface area contributed by atoms with Gasteiger partial charge in [-0.2, -0.15) is 0 Å². The molecule has 0 saturated heterocycles. The second kappa shape index (κ2) is 7.99. The number of thioether (sulfide) groups is 1. The summed E-state index contributed by atoms with van der Waals surface area (Å²) < 4.78 is 0. The third-order valence-corrected chi connectivity index (χ3v) is 5.65. The van der Waals surface area contributed by atoms with Crippen molar-refractivity contribution in [3.05, 3.63) is 12.2 Å². The maximum Gasteiger partial charge on any atom is 0.317 e. The summed E-state index contributed by atoms with van der Waals surface area (Å²) in [5.74, 6) is -2.08. The molecule has 4 unspecified atom stereocenters. The van der Waals surface area contributed by atoms with E-state index < -0.39 is 23.6 Å². The molecular formula is C17H26O5S. The number of carboxylic acids is 2. The number of allylic oxidation sites excluding steroid dienone is 2. The van der Waals surface area contributed by atoms with Crippen LogP contribution in [0.1, 0.15) is 47.0 Å². The normalized spacial score (nSPS) is 25.6. The molecule has 1 rings (SSSR count). The SMILES string of the molecule is CC(CC(=O)C1C(C)C=CCC1(C)C)SC(CC(=O)O)C(=O)O. The minimum Gasteiger partial charge on any atom is -0.481 e. The van der Waals surface area contributed by atoms with E-state index in [4.69, 9.17) is 10.2 Å². The Bertz CT molecular complexity index is 497. The summed E-state index contributed by atoms with van der Waals surface area (Å²) in [6.07, 6.45) is 4.86.